The first-order chi connectivity index (χ1) is 17.0. The molecule has 5 rings (SSSR count). The molecule has 3 aromatic carbocycles. The SMILES string of the molecule is COc1ccc(/C=C2\SC(N3N=C(c4ccccc4)CC3c3ccc(N(C)C)cc3)=NC2=O)cc1. The molecule has 1 amide bonds. The summed E-state index contributed by atoms with van der Waals surface area (Å²) in [6.45, 7) is 0. The number of anilines is 1. The highest BCUT2D eigenvalue weighted by Crippen LogP contribution is 2.40. The largest absolute Gasteiger partial charge is 0.497 e. The van der Waals surface area contributed by atoms with Crippen molar-refractivity contribution in [3.63, 3.8) is 0 Å². The molecule has 6 nitrogen and oxygen atoms in total. The van der Waals surface area contributed by atoms with Gasteiger partial charge in [0.15, 0.2) is 5.17 Å². The minimum absolute atomic E-state index is 0.0409. The van der Waals surface area contributed by atoms with Crippen molar-refractivity contribution in [1.82, 2.24) is 5.01 Å². The number of amides is 1. The van der Waals surface area contributed by atoms with Gasteiger partial charge in [-0.15, -0.1) is 0 Å². The smallest absolute Gasteiger partial charge is 0.286 e. The zero-order chi connectivity index (χ0) is 24.4. The lowest BCUT2D eigenvalue weighted by atomic mass is 9.98. The summed E-state index contributed by atoms with van der Waals surface area (Å²) in [5.41, 5.74) is 5.25. The highest BCUT2D eigenvalue weighted by Gasteiger charge is 2.36. The maximum atomic E-state index is 12.8. The van der Waals surface area contributed by atoms with E-state index in [0.29, 0.717) is 10.1 Å². The molecule has 2 aliphatic heterocycles. The van der Waals surface area contributed by atoms with Gasteiger partial charge in [0.05, 0.1) is 23.8 Å². The summed E-state index contributed by atoms with van der Waals surface area (Å²) < 4.78 is 5.23. The van der Waals surface area contributed by atoms with Gasteiger partial charge < -0.3 is 9.64 Å². The van der Waals surface area contributed by atoms with Gasteiger partial charge in [-0.3, -0.25) is 4.79 Å². The molecule has 0 saturated carbocycles. The molecule has 0 aromatic heterocycles. The number of thioether (sulfide) groups is 1. The molecule has 0 radical (unpaired) electrons. The van der Waals surface area contributed by atoms with Crippen molar-refractivity contribution < 1.29 is 9.53 Å². The van der Waals surface area contributed by atoms with Crippen molar-refractivity contribution >= 4 is 40.3 Å². The van der Waals surface area contributed by atoms with E-state index >= 15 is 0 Å². The highest BCUT2D eigenvalue weighted by atomic mass is 32.2. The maximum Gasteiger partial charge on any atom is 0.286 e. The van der Waals surface area contributed by atoms with Crippen LogP contribution in [0.4, 0.5) is 5.69 Å². The summed E-state index contributed by atoms with van der Waals surface area (Å²) in [6.07, 6.45) is 2.60. The van der Waals surface area contributed by atoms with Crippen LogP contribution in [0.2, 0.25) is 0 Å². The molecule has 1 unspecified atom stereocenters. The van der Waals surface area contributed by atoms with Crippen molar-refractivity contribution in [2.24, 2.45) is 10.1 Å². The van der Waals surface area contributed by atoms with Crippen LogP contribution in [0.5, 0.6) is 5.75 Å². The topological polar surface area (TPSA) is 57.5 Å². The van der Waals surface area contributed by atoms with Crippen LogP contribution in [0.25, 0.3) is 6.08 Å². The van der Waals surface area contributed by atoms with E-state index in [1.165, 1.54) is 11.8 Å². The average molecular weight is 483 g/mol. The zero-order valence-electron chi connectivity index (χ0n) is 19.9. The number of methoxy groups -OCH3 is 1. The van der Waals surface area contributed by atoms with Crippen molar-refractivity contribution in [3.8, 4) is 5.75 Å². The molecule has 176 valence electrons. The van der Waals surface area contributed by atoms with Crippen LogP contribution in [0.15, 0.2) is 93.9 Å². The van der Waals surface area contributed by atoms with Gasteiger partial charge in [-0.1, -0.05) is 54.6 Å². The number of ether oxygens (including phenoxy) is 1. The van der Waals surface area contributed by atoms with Gasteiger partial charge >= 0.3 is 0 Å². The Labute approximate surface area is 209 Å². The number of hydrogen-bond acceptors (Lipinski definition) is 6. The van der Waals surface area contributed by atoms with E-state index < -0.39 is 0 Å². The number of benzene rings is 3. The highest BCUT2D eigenvalue weighted by molar-refractivity contribution is 8.18. The van der Waals surface area contributed by atoms with Crippen molar-refractivity contribution in [1.29, 1.82) is 0 Å². The van der Waals surface area contributed by atoms with E-state index in [0.717, 1.165) is 40.3 Å². The number of nitrogens with zero attached hydrogens (tertiary/aromatic N) is 4. The molecule has 3 aromatic rings. The first-order valence-corrected chi connectivity index (χ1v) is 12.2. The Morgan fingerprint density at radius 1 is 1.00 bits per heavy atom. The summed E-state index contributed by atoms with van der Waals surface area (Å²) >= 11 is 1.37. The lowest BCUT2D eigenvalue weighted by Crippen LogP contribution is -2.23. The van der Waals surface area contributed by atoms with Crippen molar-refractivity contribution in [2.75, 3.05) is 26.1 Å². The minimum atomic E-state index is -0.245. The normalized spacial score (nSPS) is 18.6. The quantitative estimate of drug-likeness (QED) is 0.444. The van der Waals surface area contributed by atoms with Crippen LogP contribution >= 0.6 is 11.8 Å². The monoisotopic (exact) mass is 482 g/mol. The van der Waals surface area contributed by atoms with Crippen molar-refractivity contribution in [2.45, 2.75) is 12.5 Å². The third-order valence-electron chi connectivity index (χ3n) is 6.03. The van der Waals surface area contributed by atoms with Crippen LogP contribution in [-0.4, -0.2) is 43.0 Å². The van der Waals surface area contributed by atoms with Crippen LogP contribution in [-0.2, 0) is 4.79 Å². The maximum absolute atomic E-state index is 12.8. The Hall–Kier alpha value is -3.84. The molecule has 1 atom stereocenters. The molecular formula is C28H26N4O2S. The molecule has 0 spiro atoms. The summed E-state index contributed by atoms with van der Waals surface area (Å²) in [5, 5.41) is 7.45. The number of amidine groups is 1. The fourth-order valence-electron chi connectivity index (χ4n) is 4.09. The molecule has 0 bridgehead atoms. The second-order valence-corrected chi connectivity index (χ2v) is 9.56. The van der Waals surface area contributed by atoms with E-state index in [1.54, 1.807) is 7.11 Å². The van der Waals surface area contributed by atoms with E-state index in [1.807, 2.05) is 67.6 Å². The van der Waals surface area contributed by atoms with Crippen molar-refractivity contribution in [3.05, 3.63) is 100 Å². The Morgan fingerprint density at radius 3 is 2.37 bits per heavy atom. The number of carbonyl (C=O) groups excluding carboxylic acids is 1. The van der Waals surface area contributed by atoms with Crippen LogP contribution in [0.3, 0.4) is 0 Å². The summed E-state index contributed by atoms with van der Waals surface area (Å²) in [4.78, 5) is 19.8. The predicted octanol–water partition coefficient (Wildman–Crippen LogP) is 5.58. The third-order valence-corrected chi connectivity index (χ3v) is 7.00. The Kier molecular flexibility index (Phi) is 6.42. The summed E-state index contributed by atoms with van der Waals surface area (Å²) in [6, 6.07) is 26.2. The Morgan fingerprint density at radius 2 is 1.71 bits per heavy atom. The van der Waals surface area contributed by atoms with E-state index in [9.17, 15) is 4.79 Å². The van der Waals surface area contributed by atoms with Gasteiger partial charge in [0.25, 0.3) is 5.91 Å². The minimum Gasteiger partial charge on any atom is -0.497 e. The number of hydrazone groups is 1. The molecule has 0 saturated heterocycles. The fraction of sp³-hybridized carbons (Fsp3) is 0.179. The van der Waals surface area contributed by atoms with Crippen LogP contribution in [0.1, 0.15) is 29.2 Å². The lowest BCUT2D eigenvalue weighted by molar-refractivity contribution is -0.113. The molecule has 0 N–H and O–H groups in total. The van der Waals surface area contributed by atoms with E-state index in [4.69, 9.17) is 9.84 Å². The Balaban J connectivity index is 1.45. The van der Waals surface area contributed by atoms with E-state index in [-0.39, 0.29) is 11.9 Å². The van der Waals surface area contributed by atoms with Gasteiger partial charge in [0.1, 0.15) is 5.75 Å². The number of rotatable bonds is 5. The fourth-order valence-corrected chi connectivity index (χ4v) is 5.01. The second-order valence-electron chi connectivity index (χ2n) is 8.55. The van der Waals surface area contributed by atoms with E-state index in [2.05, 4.69) is 46.3 Å². The van der Waals surface area contributed by atoms with Gasteiger partial charge in [-0.2, -0.15) is 10.1 Å². The summed E-state index contributed by atoms with van der Waals surface area (Å²) in [7, 11) is 5.69. The molecule has 2 heterocycles. The Bertz CT molecular complexity index is 1310. The predicted molar refractivity (Wildman–Crippen MR) is 144 cm³/mol. The molecule has 0 aliphatic carbocycles. The average Bonchev–Trinajstić information content (AvgIpc) is 3.49. The molecule has 0 fully saturated rings. The zero-order valence-corrected chi connectivity index (χ0v) is 20.7. The number of aliphatic imine (C=N–C) groups is 1. The summed E-state index contributed by atoms with van der Waals surface area (Å²) in [5.74, 6) is 0.531. The number of hydrogen-bond donors (Lipinski definition) is 0. The van der Waals surface area contributed by atoms with Crippen LogP contribution in [0, 0.1) is 0 Å². The third kappa shape index (κ3) is 4.86. The van der Waals surface area contributed by atoms with Crippen LogP contribution < -0.4 is 9.64 Å². The lowest BCUT2D eigenvalue weighted by Gasteiger charge is -2.23. The molecule has 7 heteroatoms. The standard InChI is InChI=1S/C28H26N4O2S/c1-31(2)22-13-11-21(12-14-22)25-18-24(20-7-5-4-6-8-20)30-32(25)28-29-27(33)26(35-28)17-19-9-15-23(34-3)16-10-19/h4-17,25H,18H2,1-3H3/b26-17-. The van der Waals surface area contributed by atoms with Gasteiger partial charge in [-0.05, 0) is 58.8 Å². The first-order valence-electron chi connectivity index (χ1n) is 11.4. The second kappa shape index (κ2) is 9.80. The molecular weight excluding hydrogens is 456 g/mol. The van der Waals surface area contributed by atoms with Gasteiger partial charge in [-0.25, -0.2) is 5.01 Å². The molecule has 35 heavy (non-hydrogen) atoms. The molecule has 2 aliphatic rings. The first kappa shape index (κ1) is 22.9. The number of carbonyl (C=O) groups is 1. The van der Waals surface area contributed by atoms with Gasteiger partial charge in [0, 0.05) is 26.2 Å². The van der Waals surface area contributed by atoms with Gasteiger partial charge in [0.2, 0.25) is 0 Å².